The van der Waals surface area contributed by atoms with Crippen LogP contribution in [-0.4, -0.2) is 37.1 Å². The fourth-order valence-corrected chi connectivity index (χ4v) is 2.68. The van der Waals surface area contributed by atoms with E-state index in [0.29, 0.717) is 42.5 Å². The van der Waals surface area contributed by atoms with Crippen molar-refractivity contribution in [3.8, 4) is 5.88 Å². The fourth-order valence-electron chi connectivity index (χ4n) is 2.68. The number of hydrogen-bond donors (Lipinski definition) is 2. The highest BCUT2D eigenvalue weighted by Gasteiger charge is 2.14. The summed E-state index contributed by atoms with van der Waals surface area (Å²) in [5.74, 6) is -0.0698. The van der Waals surface area contributed by atoms with Crippen molar-refractivity contribution in [3.05, 3.63) is 89.6 Å². The van der Waals surface area contributed by atoms with Gasteiger partial charge >= 0.3 is 0 Å². The molecule has 3 rings (SSSR count). The molecule has 0 aliphatic rings. The average Bonchev–Trinajstić information content (AvgIpc) is 2.79. The second-order valence-corrected chi connectivity index (χ2v) is 6.39. The lowest BCUT2D eigenvalue weighted by atomic mass is 10.1. The lowest BCUT2D eigenvalue weighted by Crippen LogP contribution is -2.25. The maximum absolute atomic E-state index is 12.7. The molecule has 30 heavy (non-hydrogen) atoms. The average molecular weight is 405 g/mol. The Hall–Kier alpha value is -3.71. The highest BCUT2D eigenvalue weighted by Crippen LogP contribution is 2.17. The summed E-state index contributed by atoms with van der Waals surface area (Å²) in [5, 5.41) is 5.65. The Morgan fingerprint density at radius 1 is 0.900 bits per heavy atom. The van der Waals surface area contributed by atoms with Gasteiger partial charge in [-0.3, -0.25) is 9.59 Å². The van der Waals surface area contributed by atoms with Crippen LogP contribution in [0.15, 0.2) is 72.9 Å². The Bertz CT molecular complexity index is 975. The number of pyridine rings is 1. The number of benzene rings is 2. The maximum Gasteiger partial charge on any atom is 0.255 e. The lowest BCUT2D eigenvalue weighted by molar-refractivity contribution is 0.0951. The van der Waals surface area contributed by atoms with Crippen molar-refractivity contribution in [2.24, 2.45) is 0 Å². The van der Waals surface area contributed by atoms with Crippen LogP contribution in [0.3, 0.4) is 0 Å². The normalized spacial score (nSPS) is 10.3. The largest absolute Gasteiger partial charge is 0.475 e. The van der Waals surface area contributed by atoms with Gasteiger partial charge in [0.2, 0.25) is 5.88 Å². The molecule has 1 aromatic heterocycles. The molecular formula is C23H23N3O4. The SMILES string of the molecule is COCCOc1ccc(CNC(=O)c2ccccc2NC(=O)c2ccccc2)cn1. The zero-order chi connectivity index (χ0) is 21.2. The lowest BCUT2D eigenvalue weighted by Gasteiger charge is -2.12. The van der Waals surface area contributed by atoms with Crippen molar-refractivity contribution in [1.29, 1.82) is 0 Å². The minimum atomic E-state index is -0.292. The third kappa shape index (κ3) is 5.89. The Balaban J connectivity index is 1.60. The molecule has 0 radical (unpaired) electrons. The van der Waals surface area contributed by atoms with Crippen molar-refractivity contribution in [3.63, 3.8) is 0 Å². The molecule has 3 aromatic rings. The van der Waals surface area contributed by atoms with Gasteiger partial charge in [0.1, 0.15) is 6.61 Å². The van der Waals surface area contributed by atoms with Crippen LogP contribution in [0.5, 0.6) is 5.88 Å². The molecule has 154 valence electrons. The summed E-state index contributed by atoms with van der Waals surface area (Å²) in [6.07, 6.45) is 1.64. The summed E-state index contributed by atoms with van der Waals surface area (Å²) >= 11 is 0. The molecule has 7 nitrogen and oxygen atoms in total. The van der Waals surface area contributed by atoms with E-state index in [-0.39, 0.29) is 11.8 Å². The molecule has 7 heteroatoms. The quantitative estimate of drug-likeness (QED) is 0.533. The van der Waals surface area contributed by atoms with Gasteiger partial charge in [-0.2, -0.15) is 0 Å². The minimum Gasteiger partial charge on any atom is -0.475 e. The first-order chi connectivity index (χ1) is 14.7. The van der Waals surface area contributed by atoms with E-state index in [0.717, 1.165) is 5.56 Å². The predicted molar refractivity (Wildman–Crippen MR) is 114 cm³/mol. The monoisotopic (exact) mass is 405 g/mol. The van der Waals surface area contributed by atoms with Crippen LogP contribution in [-0.2, 0) is 11.3 Å². The number of hydrogen-bond acceptors (Lipinski definition) is 5. The number of carbonyl (C=O) groups excluding carboxylic acids is 2. The van der Waals surface area contributed by atoms with Gasteiger partial charge in [-0.25, -0.2) is 4.98 Å². The van der Waals surface area contributed by atoms with Gasteiger partial charge in [-0.05, 0) is 29.8 Å². The molecule has 0 fully saturated rings. The van der Waals surface area contributed by atoms with Gasteiger partial charge in [0, 0.05) is 31.5 Å². The fraction of sp³-hybridized carbons (Fsp3) is 0.174. The Kier molecular flexibility index (Phi) is 7.51. The summed E-state index contributed by atoms with van der Waals surface area (Å²) in [4.78, 5) is 29.3. The first-order valence-corrected chi connectivity index (χ1v) is 9.47. The third-order valence-corrected chi connectivity index (χ3v) is 4.24. The highest BCUT2D eigenvalue weighted by molar-refractivity contribution is 6.08. The van der Waals surface area contributed by atoms with E-state index in [1.807, 2.05) is 12.1 Å². The van der Waals surface area contributed by atoms with E-state index in [1.165, 1.54) is 0 Å². The number of anilines is 1. The summed E-state index contributed by atoms with van der Waals surface area (Å²) in [6, 6.07) is 19.3. The van der Waals surface area contributed by atoms with Gasteiger partial charge < -0.3 is 20.1 Å². The second-order valence-electron chi connectivity index (χ2n) is 6.39. The van der Waals surface area contributed by atoms with E-state index in [2.05, 4.69) is 15.6 Å². The predicted octanol–water partition coefficient (Wildman–Crippen LogP) is 3.29. The van der Waals surface area contributed by atoms with Crippen LogP contribution in [0.25, 0.3) is 0 Å². The number of nitrogens with one attached hydrogen (secondary N) is 2. The number of ether oxygens (including phenoxy) is 2. The number of para-hydroxylation sites is 1. The first kappa shape index (κ1) is 21.0. The Morgan fingerprint density at radius 2 is 1.67 bits per heavy atom. The Morgan fingerprint density at radius 3 is 2.40 bits per heavy atom. The molecule has 0 unspecified atom stereocenters. The van der Waals surface area contributed by atoms with Crippen molar-refractivity contribution in [2.75, 3.05) is 25.6 Å². The maximum atomic E-state index is 12.7. The zero-order valence-corrected chi connectivity index (χ0v) is 16.6. The van der Waals surface area contributed by atoms with E-state index < -0.39 is 0 Å². The van der Waals surface area contributed by atoms with Crippen molar-refractivity contribution in [1.82, 2.24) is 10.3 Å². The summed E-state index contributed by atoms with van der Waals surface area (Å²) in [7, 11) is 1.60. The molecule has 0 bridgehead atoms. The molecule has 0 saturated heterocycles. The van der Waals surface area contributed by atoms with Gasteiger partial charge in [0.25, 0.3) is 11.8 Å². The molecule has 2 aromatic carbocycles. The van der Waals surface area contributed by atoms with Gasteiger partial charge in [0.05, 0.1) is 17.9 Å². The third-order valence-electron chi connectivity index (χ3n) is 4.24. The minimum absolute atomic E-state index is 0.274. The number of rotatable bonds is 9. The number of amides is 2. The molecule has 2 amide bonds. The molecule has 1 heterocycles. The van der Waals surface area contributed by atoms with Gasteiger partial charge in [-0.1, -0.05) is 36.4 Å². The van der Waals surface area contributed by atoms with Crippen LogP contribution in [0.4, 0.5) is 5.69 Å². The number of nitrogens with zero attached hydrogens (tertiary/aromatic N) is 1. The van der Waals surface area contributed by atoms with Crippen molar-refractivity contribution < 1.29 is 19.1 Å². The van der Waals surface area contributed by atoms with Crippen LogP contribution in [0.1, 0.15) is 26.3 Å². The number of methoxy groups -OCH3 is 1. The van der Waals surface area contributed by atoms with Crippen molar-refractivity contribution >= 4 is 17.5 Å². The molecule has 0 saturated carbocycles. The zero-order valence-electron chi connectivity index (χ0n) is 16.6. The second kappa shape index (κ2) is 10.7. The number of aromatic nitrogens is 1. The standard InChI is InChI=1S/C23H23N3O4/c1-29-13-14-30-21-12-11-17(15-24-21)16-25-23(28)19-9-5-6-10-20(19)26-22(27)18-7-3-2-4-8-18/h2-12,15H,13-14,16H2,1H3,(H,25,28)(H,26,27). The van der Waals surface area contributed by atoms with Crippen LogP contribution >= 0.6 is 0 Å². The summed E-state index contributed by atoms with van der Waals surface area (Å²) in [5.41, 5.74) is 2.18. The Labute approximate surface area is 175 Å². The number of carbonyl (C=O) groups is 2. The summed E-state index contributed by atoms with van der Waals surface area (Å²) < 4.78 is 10.3. The van der Waals surface area contributed by atoms with Crippen molar-refractivity contribution in [2.45, 2.75) is 6.54 Å². The van der Waals surface area contributed by atoms with E-state index >= 15 is 0 Å². The molecular weight excluding hydrogens is 382 g/mol. The van der Waals surface area contributed by atoms with Crippen LogP contribution < -0.4 is 15.4 Å². The van der Waals surface area contributed by atoms with Gasteiger partial charge in [-0.15, -0.1) is 0 Å². The highest BCUT2D eigenvalue weighted by atomic mass is 16.5. The topological polar surface area (TPSA) is 89.5 Å². The van der Waals surface area contributed by atoms with Crippen LogP contribution in [0, 0.1) is 0 Å². The first-order valence-electron chi connectivity index (χ1n) is 9.47. The van der Waals surface area contributed by atoms with Crippen LogP contribution in [0.2, 0.25) is 0 Å². The van der Waals surface area contributed by atoms with E-state index in [9.17, 15) is 9.59 Å². The van der Waals surface area contributed by atoms with E-state index in [4.69, 9.17) is 9.47 Å². The van der Waals surface area contributed by atoms with Gasteiger partial charge in [0.15, 0.2) is 0 Å². The molecule has 2 N–H and O–H groups in total. The summed E-state index contributed by atoms with van der Waals surface area (Å²) in [6.45, 7) is 1.20. The van der Waals surface area contributed by atoms with E-state index in [1.54, 1.807) is 67.9 Å². The molecule has 0 spiro atoms. The molecule has 0 aliphatic carbocycles. The molecule has 0 atom stereocenters. The molecule has 0 aliphatic heterocycles. The smallest absolute Gasteiger partial charge is 0.255 e.